The molecule has 0 N–H and O–H groups in total. The van der Waals surface area contributed by atoms with Gasteiger partial charge in [0.05, 0.1) is 22.1 Å². The zero-order chi connectivity index (χ0) is 23.9. The standard InChI is InChI=1S/C23H17BrClN3O4S/c1-13-9-16(14(2)27(13)18-7-8-19(25)20(11-18)28(31)32)10-21-22(29)26(23(30)33-21)12-15-3-5-17(24)6-4-15/h3-11H,12H2,1-2H3/b21-10-. The third-order valence-electron chi connectivity index (χ3n) is 5.27. The maximum Gasteiger partial charge on any atom is 0.293 e. The molecule has 0 saturated carbocycles. The number of nitro groups is 1. The third kappa shape index (κ3) is 4.62. The van der Waals surface area contributed by atoms with Gasteiger partial charge in [0, 0.05) is 21.9 Å². The van der Waals surface area contributed by atoms with Gasteiger partial charge in [0.1, 0.15) is 5.02 Å². The largest absolute Gasteiger partial charge is 0.318 e. The Morgan fingerprint density at radius 2 is 1.82 bits per heavy atom. The molecule has 33 heavy (non-hydrogen) atoms. The molecule has 1 aromatic heterocycles. The number of carbonyl (C=O) groups excluding carboxylic acids is 2. The number of nitro benzene ring substituents is 1. The molecule has 1 saturated heterocycles. The first-order chi connectivity index (χ1) is 15.7. The minimum Gasteiger partial charge on any atom is -0.318 e. The van der Waals surface area contributed by atoms with Crippen molar-refractivity contribution in [2.45, 2.75) is 20.4 Å². The maximum absolute atomic E-state index is 12.9. The third-order valence-corrected chi connectivity index (χ3v) is 7.02. The minimum absolute atomic E-state index is 0.0610. The molecule has 0 bridgehead atoms. The van der Waals surface area contributed by atoms with E-state index in [-0.39, 0.29) is 28.4 Å². The number of hydrogen-bond acceptors (Lipinski definition) is 5. The Bertz CT molecular complexity index is 1330. The Morgan fingerprint density at radius 3 is 2.48 bits per heavy atom. The number of imide groups is 1. The van der Waals surface area contributed by atoms with E-state index in [1.807, 2.05) is 48.7 Å². The molecule has 0 atom stereocenters. The van der Waals surface area contributed by atoms with Gasteiger partial charge in [-0.15, -0.1) is 0 Å². The van der Waals surface area contributed by atoms with Gasteiger partial charge in [-0.1, -0.05) is 39.7 Å². The molecule has 10 heteroatoms. The molecule has 1 fully saturated rings. The summed E-state index contributed by atoms with van der Waals surface area (Å²) in [5.74, 6) is -0.347. The molecule has 2 aromatic carbocycles. The summed E-state index contributed by atoms with van der Waals surface area (Å²) in [7, 11) is 0. The Labute approximate surface area is 207 Å². The van der Waals surface area contributed by atoms with Crippen molar-refractivity contribution in [3.8, 4) is 5.69 Å². The molecule has 1 aliphatic rings. The fraction of sp³-hybridized carbons (Fsp3) is 0.130. The molecule has 0 radical (unpaired) electrons. The van der Waals surface area contributed by atoms with Gasteiger partial charge in [-0.25, -0.2) is 0 Å². The second kappa shape index (κ2) is 9.17. The summed E-state index contributed by atoms with van der Waals surface area (Å²) in [6.45, 7) is 3.91. The molecule has 4 rings (SSSR count). The van der Waals surface area contributed by atoms with Crippen molar-refractivity contribution in [2.24, 2.45) is 0 Å². The lowest BCUT2D eigenvalue weighted by Crippen LogP contribution is -2.27. The average molecular weight is 547 g/mol. The SMILES string of the molecule is Cc1cc(/C=C2\SC(=O)N(Cc3ccc(Br)cc3)C2=O)c(C)n1-c1ccc(Cl)c([N+](=O)[O-])c1. The van der Waals surface area contributed by atoms with Crippen LogP contribution in [-0.4, -0.2) is 25.5 Å². The Hall–Kier alpha value is -2.88. The van der Waals surface area contributed by atoms with Crippen LogP contribution in [0.5, 0.6) is 0 Å². The van der Waals surface area contributed by atoms with Crippen molar-refractivity contribution in [1.82, 2.24) is 9.47 Å². The van der Waals surface area contributed by atoms with E-state index in [2.05, 4.69) is 15.9 Å². The fourth-order valence-corrected chi connectivity index (χ4v) is 4.94. The Balaban J connectivity index is 1.64. The summed E-state index contributed by atoms with van der Waals surface area (Å²) in [4.78, 5) is 37.7. The monoisotopic (exact) mass is 545 g/mol. The van der Waals surface area contributed by atoms with Crippen molar-refractivity contribution in [1.29, 1.82) is 0 Å². The minimum atomic E-state index is -0.525. The highest BCUT2D eigenvalue weighted by atomic mass is 79.9. The summed E-state index contributed by atoms with van der Waals surface area (Å²) in [5.41, 5.74) is 3.61. The van der Waals surface area contributed by atoms with E-state index >= 15 is 0 Å². The smallest absolute Gasteiger partial charge is 0.293 e. The van der Waals surface area contributed by atoms with Gasteiger partial charge in [-0.2, -0.15) is 0 Å². The number of nitrogens with zero attached hydrogens (tertiary/aromatic N) is 3. The lowest BCUT2D eigenvalue weighted by molar-refractivity contribution is -0.384. The van der Waals surface area contributed by atoms with Crippen molar-refractivity contribution in [2.75, 3.05) is 0 Å². The second-order valence-corrected chi connectivity index (χ2v) is 9.77. The lowest BCUT2D eigenvalue weighted by Gasteiger charge is -2.12. The number of halogens is 2. The zero-order valence-corrected chi connectivity index (χ0v) is 20.7. The topological polar surface area (TPSA) is 85.5 Å². The number of thioether (sulfide) groups is 1. The summed E-state index contributed by atoms with van der Waals surface area (Å²) < 4.78 is 2.77. The number of aryl methyl sites for hydroxylation is 1. The van der Waals surface area contributed by atoms with Crippen LogP contribution in [0, 0.1) is 24.0 Å². The van der Waals surface area contributed by atoms with Crippen LogP contribution in [0.1, 0.15) is 22.5 Å². The van der Waals surface area contributed by atoms with Crippen LogP contribution in [0.4, 0.5) is 10.5 Å². The van der Waals surface area contributed by atoms with Crippen molar-refractivity contribution < 1.29 is 14.5 Å². The summed E-state index contributed by atoms with van der Waals surface area (Å²) >= 11 is 10.2. The first kappa shape index (κ1) is 23.3. The van der Waals surface area contributed by atoms with Crippen molar-refractivity contribution in [3.63, 3.8) is 0 Å². The van der Waals surface area contributed by atoms with E-state index in [4.69, 9.17) is 11.6 Å². The van der Waals surface area contributed by atoms with Crippen LogP contribution >= 0.6 is 39.3 Å². The molecule has 0 spiro atoms. The first-order valence-electron chi connectivity index (χ1n) is 9.79. The van der Waals surface area contributed by atoms with Gasteiger partial charge in [-0.05, 0) is 73.1 Å². The second-order valence-electron chi connectivity index (χ2n) is 7.45. The van der Waals surface area contributed by atoms with E-state index in [1.54, 1.807) is 12.1 Å². The quantitative estimate of drug-likeness (QED) is 0.203. The Kier molecular flexibility index (Phi) is 6.47. The molecule has 1 aliphatic heterocycles. The number of benzene rings is 2. The maximum atomic E-state index is 12.9. The van der Waals surface area contributed by atoms with Crippen LogP contribution < -0.4 is 0 Å². The predicted molar refractivity (Wildman–Crippen MR) is 133 cm³/mol. The highest BCUT2D eigenvalue weighted by Crippen LogP contribution is 2.35. The van der Waals surface area contributed by atoms with E-state index in [0.717, 1.165) is 38.7 Å². The van der Waals surface area contributed by atoms with Crippen molar-refractivity contribution >= 4 is 62.2 Å². The number of hydrogen-bond donors (Lipinski definition) is 0. The van der Waals surface area contributed by atoms with Crippen LogP contribution in [0.2, 0.25) is 5.02 Å². The molecular formula is C23H17BrClN3O4S. The van der Waals surface area contributed by atoms with Gasteiger partial charge >= 0.3 is 0 Å². The van der Waals surface area contributed by atoms with Crippen LogP contribution in [-0.2, 0) is 11.3 Å². The number of amides is 2. The Morgan fingerprint density at radius 1 is 1.12 bits per heavy atom. The van der Waals surface area contributed by atoms with Gasteiger partial charge in [-0.3, -0.25) is 24.6 Å². The normalized spacial score (nSPS) is 15.0. The van der Waals surface area contributed by atoms with E-state index in [0.29, 0.717) is 10.6 Å². The van der Waals surface area contributed by atoms with Crippen LogP contribution in [0.25, 0.3) is 11.8 Å². The van der Waals surface area contributed by atoms with E-state index < -0.39 is 4.92 Å². The summed E-state index contributed by atoms with van der Waals surface area (Å²) in [6, 6.07) is 13.9. The first-order valence-corrected chi connectivity index (χ1v) is 11.8. The molecule has 7 nitrogen and oxygen atoms in total. The highest BCUT2D eigenvalue weighted by molar-refractivity contribution is 9.10. The van der Waals surface area contributed by atoms with Crippen LogP contribution in [0.3, 0.4) is 0 Å². The molecule has 2 heterocycles. The van der Waals surface area contributed by atoms with Gasteiger partial charge in [0.15, 0.2) is 0 Å². The van der Waals surface area contributed by atoms with Gasteiger partial charge < -0.3 is 4.57 Å². The summed E-state index contributed by atoms with van der Waals surface area (Å²) in [6.07, 6.45) is 1.69. The molecule has 168 valence electrons. The summed E-state index contributed by atoms with van der Waals surface area (Å²) in [5, 5.41) is 11.0. The van der Waals surface area contributed by atoms with E-state index in [9.17, 15) is 19.7 Å². The molecule has 0 unspecified atom stereocenters. The predicted octanol–water partition coefficient (Wildman–Crippen LogP) is 6.65. The van der Waals surface area contributed by atoms with Crippen molar-refractivity contribution in [3.05, 3.63) is 95.6 Å². The number of rotatable bonds is 5. The lowest BCUT2D eigenvalue weighted by atomic mass is 10.2. The fourth-order valence-electron chi connectivity index (χ4n) is 3.66. The van der Waals surface area contributed by atoms with Gasteiger partial charge in [0.2, 0.25) is 0 Å². The van der Waals surface area contributed by atoms with Crippen LogP contribution in [0.15, 0.2) is 57.9 Å². The molecule has 0 aliphatic carbocycles. The highest BCUT2D eigenvalue weighted by Gasteiger charge is 2.35. The molecular weight excluding hydrogens is 530 g/mol. The number of carbonyl (C=O) groups is 2. The molecule has 2 amide bonds. The average Bonchev–Trinajstić information content (AvgIpc) is 3.19. The van der Waals surface area contributed by atoms with Gasteiger partial charge in [0.25, 0.3) is 16.8 Å². The number of aromatic nitrogens is 1. The van der Waals surface area contributed by atoms with E-state index in [1.165, 1.54) is 17.0 Å². The zero-order valence-electron chi connectivity index (χ0n) is 17.5. The molecule has 3 aromatic rings.